The number of aldehydes is 1. The molecule has 1 N–H and O–H groups in total. The van der Waals surface area contributed by atoms with Gasteiger partial charge in [0.05, 0.1) is 11.9 Å². The zero-order valence-corrected chi connectivity index (χ0v) is 6.05. The summed E-state index contributed by atoms with van der Waals surface area (Å²) in [6.45, 7) is 0. The highest BCUT2D eigenvalue weighted by Crippen LogP contribution is 1.95. The molecule has 0 atom stereocenters. The van der Waals surface area contributed by atoms with E-state index in [0.717, 1.165) is 10.1 Å². The minimum Gasteiger partial charge on any atom is -0.331 e. The number of aromatic amines is 1. The molecule has 0 radical (unpaired) electrons. The first kappa shape index (κ1) is 5.74. The van der Waals surface area contributed by atoms with Crippen LogP contribution < -0.4 is 0 Å². The van der Waals surface area contributed by atoms with E-state index >= 15 is 0 Å². The lowest BCUT2D eigenvalue weighted by molar-refractivity contribution is 0.111. The SMILES string of the molecule is O=Cc1cnc(I)[nH]1. The number of hydrogen-bond acceptors (Lipinski definition) is 2. The third-order valence-corrected chi connectivity index (χ3v) is 1.24. The van der Waals surface area contributed by atoms with E-state index in [1.165, 1.54) is 6.20 Å². The minimum absolute atomic E-state index is 0.523. The van der Waals surface area contributed by atoms with Crippen molar-refractivity contribution in [2.24, 2.45) is 0 Å². The molecule has 1 heterocycles. The summed E-state index contributed by atoms with van der Waals surface area (Å²) in [7, 11) is 0. The Balaban J connectivity index is 3.00. The number of nitrogens with zero attached hydrogens (tertiary/aromatic N) is 1. The number of carbonyl (C=O) groups excluding carboxylic acids is 1. The molecule has 3 nitrogen and oxygen atoms in total. The van der Waals surface area contributed by atoms with Gasteiger partial charge in [-0.2, -0.15) is 0 Å². The summed E-state index contributed by atoms with van der Waals surface area (Å²) in [5.41, 5.74) is 0.523. The number of H-pyrrole nitrogens is 1. The molecule has 4 heteroatoms. The average molecular weight is 222 g/mol. The van der Waals surface area contributed by atoms with Gasteiger partial charge in [0, 0.05) is 0 Å². The van der Waals surface area contributed by atoms with Crippen LogP contribution in [-0.4, -0.2) is 16.3 Å². The summed E-state index contributed by atoms with van der Waals surface area (Å²) >= 11 is 2.00. The quantitative estimate of drug-likeness (QED) is 0.564. The Morgan fingerprint density at radius 2 is 2.62 bits per heavy atom. The molecule has 1 aromatic rings. The molecule has 0 unspecified atom stereocenters. The smallest absolute Gasteiger partial charge is 0.169 e. The van der Waals surface area contributed by atoms with Crippen molar-refractivity contribution in [2.45, 2.75) is 0 Å². The van der Waals surface area contributed by atoms with Gasteiger partial charge in [0.2, 0.25) is 0 Å². The molecule has 8 heavy (non-hydrogen) atoms. The van der Waals surface area contributed by atoms with Crippen LogP contribution in [-0.2, 0) is 0 Å². The van der Waals surface area contributed by atoms with Crippen LogP contribution in [0.25, 0.3) is 0 Å². The van der Waals surface area contributed by atoms with E-state index in [4.69, 9.17) is 0 Å². The number of rotatable bonds is 1. The molecule has 0 aromatic carbocycles. The highest BCUT2D eigenvalue weighted by molar-refractivity contribution is 14.1. The van der Waals surface area contributed by atoms with E-state index < -0.39 is 0 Å². The predicted octanol–water partition coefficient (Wildman–Crippen LogP) is 0.827. The topological polar surface area (TPSA) is 45.8 Å². The summed E-state index contributed by atoms with van der Waals surface area (Å²) < 4.78 is 0.740. The highest BCUT2D eigenvalue weighted by Gasteiger charge is 1.91. The number of carbonyl (C=O) groups is 1. The van der Waals surface area contributed by atoms with Crippen LogP contribution in [0.2, 0.25) is 0 Å². The summed E-state index contributed by atoms with van der Waals surface area (Å²) in [6, 6.07) is 0. The second-order valence-electron chi connectivity index (χ2n) is 1.25. The standard InChI is InChI=1S/C4H3IN2O/c5-4-6-1-3(2-8)7-4/h1-2H,(H,6,7). The minimum atomic E-state index is 0.523. The van der Waals surface area contributed by atoms with E-state index in [1.54, 1.807) is 0 Å². The fourth-order valence-electron chi connectivity index (χ4n) is 0.370. The van der Waals surface area contributed by atoms with Crippen molar-refractivity contribution in [3.8, 4) is 0 Å². The van der Waals surface area contributed by atoms with Gasteiger partial charge >= 0.3 is 0 Å². The Kier molecular flexibility index (Phi) is 1.62. The third kappa shape index (κ3) is 1.06. The second kappa shape index (κ2) is 2.25. The first-order valence-electron chi connectivity index (χ1n) is 1.98. The number of hydrogen-bond donors (Lipinski definition) is 1. The molecule has 1 aromatic heterocycles. The van der Waals surface area contributed by atoms with Gasteiger partial charge in [-0.25, -0.2) is 4.98 Å². The number of halogens is 1. The predicted molar refractivity (Wildman–Crippen MR) is 36.7 cm³/mol. The van der Waals surface area contributed by atoms with Crippen molar-refractivity contribution < 1.29 is 4.79 Å². The Morgan fingerprint density at radius 3 is 2.88 bits per heavy atom. The van der Waals surface area contributed by atoms with Gasteiger partial charge in [0.25, 0.3) is 0 Å². The van der Waals surface area contributed by atoms with Crippen LogP contribution in [0.1, 0.15) is 10.5 Å². The molecule has 42 valence electrons. The Labute approximate surface area is 59.6 Å². The molecular formula is C4H3IN2O. The molecule has 0 spiro atoms. The summed E-state index contributed by atoms with van der Waals surface area (Å²) in [5, 5.41) is 0. The van der Waals surface area contributed by atoms with Crippen LogP contribution in [0, 0.1) is 3.83 Å². The van der Waals surface area contributed by atoms with Gasteiger partial charge in [0.1, 0.15) is 0 Å². The first-order valence-corrected chi connectivity index (χ1v) is 3.06. The van der Waals surface area contributed by atoms with Gasteiger partial charge in [-0.3, -0.25) is 4.79 Å². The highest BCUT2D eigenvalue weighted by atomic mass is 127. The molecule has 0 aliphatic rings. The number of aromatic nitrogens is 2. The van der Waals surface area contributed by atoms with Crippen molar-refractivity contribution in [2.75, 3.05) is 0 Å². The normalized spacial score (nSPS) is 9.12. The number of imidazole rings is 1. The molecule has 0 aliphatic heterocycles. The summed E-state index contributed by atoms with van der Waals surface area (Å²) in [5.74, 6) is 0. The van der Waals surface area contributed by atoms with E-state index in [2.05, 4.69) is 9.97 Å². The maximum Gasteiger partial charge on any atom is 0.169 e. The van der Waals surface area contributed by atoms with Crippen molar-refractivity contribution in [3.05, 3.63) is 15.7 Å². The largest absolute Gasteiger partial charge is 0.331 e. The lowest BCUT2D eigenvalue weighted by Gasteiger charge is -1.72. The molecule has 0 saturated heterocycles. The van der Waals surface area contributed by atoms with E-state index in [1.807, 2.05) is 22.6 Å². The average Bonchev–Trinajstić information content (AvgIpc) is 2.14. The molecular weight excluding hydrogens is 219 g/mol. The fourth-order valence-corrected chi connectivity index (χ4v) is 0.820. The lowest BCUT2D eigenvalue weighted by Crippen LogP contribution is -1.75. The van der Waals surface area contributed by atoms with E-state index in [0.29, 0.717) is 5.69 Å². The monoisotopic (exact) mass is 222 g/mol. The van der Waals surface area contributed by atoms with Crippen LogP contribution >= 0.6 is 22.6 Å². The Hall–Kier alpha value is -0.390. The molecule has 0 amide bonds. The molecule has 0 fully saturated rings. The van der Waals surface area contributed by atoms with Crippen LogP contribution in [0.5, 0.6) is 0 Å². The Morgan fingerprint density at radius 1 is 1.88 bits per heavy atom. The molecule has 0 bridgehead atoms. The van der Waals surface area contributed by atoms with Gasteiger partial charge in [-0.15, -0.1) is 0 Å². The first-order chi connectivity index (χ1) is 3.83. The third-order valence-electron chi connectivity index (χ3n) is 0.691. The van der Waals surface area contributed by atoms with Gasteiger partial charge in [-0.05, 0) is 22.6 Å². The van der Waals surface area contributed by atoms with E-state index in [-0.39, 0.29) is 0 Å². The maximum absolute atomic E-state index is 9.95. The fraction of sp³-hybridized carbons (Fsp3) is 0. The van der Waals surface area contributed by atoms with Crippen LogP contribution in [0.3, 0.4) is 0 Å². The zero-order chi connectivity index (χ0) is 5.98. The van der Waals surface area contributed by atoms with Crippen LogP contribution in [0.4, 0.5) is 0 Å². The van der Waals surface area contributed by atoms with Gasteiger partial charge in [-0.1, -0.05) is 0 Å². The molecule has 0 saturated carbocycles. The van der Waals surface area contributed by atoms with Crippen LogP contribution in [0.15, 0.2) is 6.20 Å². The maximum atomic E-state index is 9.95. The second-order valence-corrected chi connectivity index (χ2v) is 2.27. The molecule has 0 aliphatic carbocycles. The van der Waals surface area contributed by atoms with Gasteiger partial charge in [0.15, 0.2) is 10.1 Å². The molecule has 1 rings (SSSR count). The van der Waals surface area contributed by atoms with Crippen molar-refractivity contribution in [1.29, 1.82) is 0 Å². The zero-order valence-electron chi connectivity index (χ0n) is 3.89. The number of nitrogens with one attached hydrogen (secondary N) is 1. The van der Waals surface area contributed by atoms with Crippen molar-refractivity contribution in [1.82, 2.24) is 9.97 Å². The van der Waals surface area contributed by atoms with Gasteiger partial charge < -0.3 is 4.98 Å². The van der Waals surface area contributed by atoms with E-state index in [9.17, 15) is 4.79 Å². The summed E-state index contributed by atoms with van der Waals surface area (Å²) in [4.78, 5) is 16.5. The van der Waals surface area contributed by atoms with Crippen molar-refractivity contribution >= 4 is 28.9 Å². The Bertz CT molecular complexity index is 196. The lowest BCUT2D eigenvalue weighted by atomic mass is 10.6. The van der Waals surface area contributed by atoms with Crippen molar-refractivity contribution in [3.63, 3.8) is 0 Å². The summed E-state index contributed by atoms with van der Waals surface area (Å²) in [6.07, 6.45) is 2.23.